The van der Waals surface area contributed by atoms with Gasteiger partial charge in [-0.2, -0.15) is 0 Å². The molecule has 0 amide bonds. The van der Waals surface area contributed by atoms with Crippen LogP contribution in [0.5, 0.6) is 0 Å². The summed E-state index contributed by atoms with van der Waals surface area (Å²) in [5.74, 6) is 0.0120. The highest BCUT2D eigenvalue weighted by Gasteiger charge is 2.30. The number of rotatable bonds is 2. The maximum absolute atomic E-state index is 11.2. The molecule has 0 heterocycles. The van der Waals surface area contributed by atoms with Crippen LogP contribution in [0.25, 0.3) is 0 Å². The van der Waals surface area contributed by atoms with E-state index in [1.165, 1.54) is 7.11 Å². The van der Waals surface area contributed by atoms with Crippen molar-refractivity contribution in [2.45, 2.75) is 13.3 Å². The van der Waals surface area contributed by atoms with Gasteiger partial charge in [-0.25, -0.2) is 0 Å². The van der Waals surface area contributed by atoms with E-state index in [0.29, 0.717) is 0 Å². The number of carbonyl (C=O) groups is 1. The Bertz CT molecular complexity index is 228. The topological polar surface area (TPSA) is 26.3 Å². The van der Waals surface area contributed by atoms with Crippen LogP contribution >= 0.6 is 0 Å². The summed E-state index contributed by atoms with van der Waals surface area (Å²) in [7, 11) is 1.43. The molecule has 2 atom stereocenters. The third-order valence-electron chi connectivity index (χ3n) is 2.24. The third kappa shape index (κ3) is 1.58. The molecule has 66 valence electrons. The van der Waals surface area contributed by atoms with Gasteiger partial charge < -0.3 is 4.74 Å². The van der Waals surface area contributed by atoms with E-state index in [1.807, 2.05) is 19.1 Å². The van der Waals surface area contributed by atoms with Crippen molar-refractivity contribution in [2.75, 3.05) is 7.11 Å². The minimum atomic E-state index is -0.131. The second-order valence-electron chi connectivity index (χ2n) is 3.17. The summed E-state index contributed by atoms with van der Waals surface area (Å²) < 4.78 is 4.69. The number of esters is 1. The highest BCUT2D eigenvalue weighted by Crippen LogP contribution is 2.30. The zero-order valence-corrected chi connectivity index (χ0v) is 7.54. The van der Waals surface area contributed by atoms with Crippen LogP contribution < -0.4 is 0 Å². The van der Waals surface area contributed by atoms with Crippen LogP contribution in [-0.2, 0) is 9.53 Å². The van der Waals surface area contributed by atoms with Crippen molar-refractivity contribution in [1.29, 1.82) is 0 Å². The molecule has 1 aliphatic carbocycles. The largest absolute Gasteiger partial charge is 0.469 e. The molecule has 0 aromatic carbocycles. The third-order valence-corrected chi connectivity index (χ3v) is 2.24. The number of methoxy groups -OCH3 is 1. The minimum absolute atomic E-state index is 0.0347. The monoisotopic (exact) mass is 166 g/mol. The predicted octanol–water partition coefficient (Wildman–Crippen LogP) is 1.93. The quantitative estimate of drug-likeness (QED) is 0.463. The molecule has 1 rings (SSSR count). The number of hydrogen-bond donors (Lipinski definition) is 0. The Kier molecular flexibility index (Phi) is 2.69. The molecular formula is C10H14O2. The first kappa shape index (κ1) is 9.04. The van der Waals surface area contributed by atoms with Crippen molar-refractivity contribution in [3.8, 4) is 0 Å². The highest BCUT2D eigenvalue weighted by atomic mass is 16.5. The molecule has 0 N–H and O–H groups in total. The molecule has 0 saturated heterocycles. The molecule has 0 spiro atoms. The average molecular weight is 166 g/mol. The van der Waals surface area contributed by atoms with Gasteiger partial charge in [-0.15, -0.1) is 0 Å². The second-order valence-corrected chi connectivity index (χ2v) is 3.17. The lowest BCUT2D eigenvalue weighted by atomic mass is 9.90. The van der Waals surface area contributed by atoms with E-state index in [4.69, 9.17) is 4.74 Å². The molecule has 0 radical (unpaired) electrons. The Morgan fingerprint density at radius 3 is 2.83 bits per heavy atom. The fraction of sp³-hybridized carbons (Fsp3) is 0.500. The van der Waals surface area contributed by atoms with E-state index in [9.17, 15) is 4.79 Å². The summed E-state index contributed by atoms with van der Waals surface area (Å²) in [6.07, 6.45) is 4.83. The average Bonchev–Trinajstić information content (AvgIpc) is 2.50. The minimum Gasteiger partial charge on any atom is -0.469 e. The van der Waals surface area contributed by atoms with Crippen molar-refractivity contribution < 1.29 is 9.53 Å². The SMILES string of the molecule is C=C(C)C1C=CCC1C(=O)OC. The molecule has 0 aromatic heterocycles. The summed E-state index contributed by atoms with van der Waals surface area (Å²) in [6.45, 7) is 5.79. The summed E-state index contributed by atoms with van der Waals surface area (Å²) in [5.41, 5.74) is 1.03. The number of allylic oxidation sites excluding steroid dienone is 3. The van der Waals surface area contributed by atoms with Crippen molar-refractivity contribution in [3.05, 3.63) is 24.3 Å². The summed E-state index contributed by atoms with van der Waals surface area (Å²) in [4.78, 5) is 11.2. The van der Waals surface area contributed by atoms with E-state index in [-0.39, 0.29) is 17.8 Å². The zero-order valence-electron chi connectivity index (χ0n) is 7.54. The fourth-order valence-corrected chi connectivity index (χ4v) is 1.55. The summed E-state index contributed by atoms with van der Waals surface area (Å²) >= 11 is 0. The van der Waals surface area contributed by atoms with Crippen LogP contribution in [0.4, 0.5) is 0 Å². The Balaban J connectivity index is 2.68. The fourth-order valence-electron chi connectivity index (χ4n) is 1.55. The first-order valence-corrected chi connectivity index (χ1v) is 4.06. The van der Waals surface area contributed by atoms with Crippen LogP contribution in [0, 0.1) is 11.8 Å². The molecule has 2 heteroatoms. The summed E-state index contributed by atoms with van der Waals surface area (Å²) in [5, 5.41) is 0. The molecule has 0 fully saturated rings. The molecule has 0 aliphatic heterocycles. The van der Waals surface area contributed by atoms with Gasteiger partial charge in [-0.05, 0) is 13.3 Å². The van der Waals surface area contributed by atoms with Crippen LogP contribution in [0.15, 0.2) is 24.3 Å². The van der Waals surface area contributed by atoms with Crippen molar-refractivity contribution in [1.82, 2.24) is 0 Å². The maximum atomic E-state index is 11.2. The van der Waals surface area contributed by atoms with Crippen LogP contribution in [0.1, 0.15) is 13.3 Å². The summed E-state index contributed by atoms with van der Waals surface area (Å²) in [6, 6.07) is 0. The predicted molar refractivity (Wildman–Crippen MR) is 47.6 cm³/mol. The lowest BCUT2D eigenvalue weighted by molar-refractivity contribution is -0.145. The molecule has 1 aliphatic rings. The smallest absolute Gasteiger partial charge is 0.309 e. The maximum Gasteiger partial charge on any atom is 0.309 e. The lowest BCUT2D eigenvalue weighted by Gasteiger charge is -2.16. The molecule has 2 nitrogen and oxygen atoms in total. The van der Waals surface area contributed by atoms with Crippen LogP contribution in [0.3, 0.4) is 0 Å². The van der Waals surface area contributed by atoms with Crippen LogP contribution in [-0.4, -0.2) is 13.1 Å². The number of ether oxygens (including phenoxy) is 1. The molecule has 0 bridgehead atoms. The molecule has 0 aromatic rings. The van der Waals surface area contributed by atoms with Crippen molar-refractivity contribution in [3.63, 3.8) is 0 Å². The van der Waals surface area contributed by atoms with Gasteiger partial charge in [-0.1, -0.05) is 24.3 Å². The highest BCUT2D eigenvalue weighted by molar-refractivity contribution is 5.74. The van der Waals surface area contributed by atoms with Gasteiger partial charge in [0.1, 0.15) is 0 Å². The molecular weight excluding hydrogens is 152 g/mol. The first-order chi connectivity index (χ1) is 5.66. The van der Waals surface area contributed by atoms with Gasteiger partial charge >= 0.3 is 5.97 Å². The van der Waals surface area contributed by atoms with Gasteiger partial charge in [0.2, 0.25) is 0 Å². The van der Waals surface area contributed by atoms with E-state index in [0.717, 1.165) is 12.0 Å². The van der Waals surface area contributed by atoms with Crippen LogP contribution in [0.2, 0.25) is 0 Å². The van der Waals surface area contributed by atoms with E-state index in [1.54, 1.807) is 0 Å². The molecule has 2 unspecified atom stereocenters. The van der Waals surface area contributed by atoms with Gasteiger partial charge in [0.25, 0.3) is 0 Å². The lowest BCUT2D eigenvalue weighted by Crippen LogP contribution is -2.21. The Labute approximate surface area is 72.9 Å². The Morgan fingerprint density at radius 1 is 1.67 bits per heavy atom. The molecule has 12 heavy (non-hydrogen) atoms. The van der Waals surface area contributed by atoms with E-state index in [2.05, 4.69) is 6.58 Å². The first-order valence-electron chi connectivity index (χ1n) is 4.06. The van der Waals surface area contributed by atoms with Gasteiger partial charge in [0, 0.05) is 5.92 Å². The van der Waals surface area contributed by atoms with E-state index >= 15 is 0 Å². The van der Waals surface area contributed by atoms with Gasteiger partial charge in [0.05, 0.1) is 13.0 Å². The number of hydrogen-bond acceptors (Lipinski definition) is 2. The normalized spacial score (nSPS) is 27.2. The second kappa shape index (κ2) is 3.57. The Hall–Kier alpha value is -1.05. The Morgan fingerprint density at radius 2 is 2.33 bits per heavy atom. The number of carbonyl (C=O) groups excluding carboxylic acids is 1. The van der Waals surface area contributed by atoms with Gasteiger partial charge in [-0.3, -0.25) is 4.79 Å². The zero-order chi connectivity index (χ0) is 9.14. The van der Waals surface area contributed by atoms with E-state index < -0.39 is 0 Å². The van der Waals surface area contributed by atoms with Gasteiger partial charge in [0.15, 0.2) is 0 Å². The molecule has 0 saturated carbocycles. The van der Waals surface area contributed by atoms with Crippen molar-refractivity contribution >= 4 is 5.97 Å². The standard InChI is InChI=1S/C10H14O2/c1-7(2)8-5-4-6-9(8)10(11)12-3/h4-5,8-9H,1,6H2,2-3H3. The van der Waals surface area contributed by atoms with Crippen molar-refractivity contribution in [2.24, 2.45) is 11.8 Å².